The zero-order chi connectivity index (χ0) is 11.4. The van der Waals surface area contributed by atoms with E-state index in [-0.39, 0.29) is 5.82 Å². The molecule has 1 aliphatic rings. The summed E-state index contributed by atoms with van der Waals surface area (Å²) in [5.74, 6) is 0.261. The molecular formula is C11H17N5. The summed E-state index contributed by atoms with van der Waals surface area (Å²) in [7, 11) is 2.19. The Morgan fingerprint density at radius 3 is 3.12 bits per heavy atom. The first kappa shape index (κ1) is 11.1. The van der Waals surface area contributed by atoms with Gasteiger partial charge in [-0.05, 0) is 32.9 Å². The van der Waals surface area contributed by atoms with E-state index >= 15 is 0 Å². The Morgan fingerprint density at radius 1 is 1.56 bits per heavy atom. The summed E-state index contributed by atoms with van der Waals surface area (Å²) >= 11 is 0. The lowest BCUT2D eigenvalue weighted by Gasteiger charge is -2.32. The SMILES string of the molecule is CN1CCCCC1CCn1cnc(C#N)n1. The molecule has 1 aliphatic heterocycles. The summed E-state index contributed by atoms with van der Waals surface area (Å²) in [6.45, 7) is 2.05. The van der Waals surface area contributed by atoms with Gasteiger partial charge < -0.3 is 4.90 Å². The monoisotopic (exact) mass is 219 g/mol. The summed E-state index contributed by atoms with van der Waals surface area (Å²) in [4.78, 5) is 6.32. The lowest BCUT2D eigenvalue weighted by Crippen LogP contribution is -2.36. The zero-order valence-corrected chi connectivity index (χ0v) is 9.63. The quantitative estimate of drug-likeness (QED) is 0.761. The van der Waals surface area contributed by atoms with Gasteiger partial charge in [-0.2, -0.15) is 5.26 Å². The van der Waals surface area contributed by atoms with Crippen molar-refractivity contribution in [2.24, 2.45) is 0 Å². The van der Waals surface area contributed by atoms with Gasteiger partial charge in [0.05, 0.1) is 0 Å². The van der Waals surface area contributed by atoms with E-state index in [9.17, 15) is 0 Å². The number of hydrogen-bond acceptors (Lipinski definition) is 4. The van der Waals surface area contributed by atoms with Crippen molar-refractivity contribution in [3.63, 3.8) is 0 Å². The molecule has 0 bridgehead atoms. The number of hydrogen-bond donors (Lipinski definition) is 0. The second-order valence-corrected chi connectivity index (χ2v) is 4.36. The van der Waals surface area contributed by atoms with Crippen LogP contribution in [0.3, 0.4) is 0 Å². The fraction of sp³-hybridized carbons (Fsp3) is 0.727. The van der Waals surface area contributed by atoms with Crippen LogP contribution in [0.2, 0.25) is 0 Å². The van der Waals surface area contributed by atoms with Gasteiger partial charge in [0, 0.05) is 12.6 Å². The third kappa shape index (κ3) is 2.58. The minimum atomic E-state index is 0.261. The fourth-order valence-corrected chi connectivity index (χ4v) is 2.24. The predicted octanol–water partition coefficient (Wildman–Crippen LogP) is 1.02. The zero-order valence-electron chi connectivity index (χ0n) is 9.63. The topological polar surface area (TPSA) is 57.7 Å². The van der Waals surface area contributed by atoms with Crippen LogP contribution in [0.1, 0.15) is 31.5 Å². The molecule has 0 N–H and O–H groups in total. The summed E-state index contributed by atoms with van der Waals surface area (Å²) in [6.07, 6.45) is 6.65. The molecule has 86 valence electrons. The molecular weight excluding hydrogens is 202 g/mol. The number of nitriles is 1. The first-order valence-electron chi connectivity index (χ1n) is 5.79. The highest BCUT2D eigenvalue weighted by atomic mass is 15.3. The van der Waals surface area contributed by atoms with E-state index in [1.54, 1.807) is 11.0 Å². The van der Waals surface area contributed by atoms with Gasteiger partial charge >= 0.3 is 0 Å². The molecule has 1 aromatic heterocycles. The number of aryl methyl sites for hydroxylation is 1. The van der Waals surface area contributed by atoms with Gasteiger partial charge in [0.1, 0.15) is 12.4 Å². The molecule has 0 amide bonds. The van der Waals surface area contributed by atoms with Crippen LogP contribution in [0.5, 0.6) is 0 Å². The maximum absolute atomic E-state index is 8.61. The molecule has 0 spiro atoms. The van der Waals surface area contributed by atoms with Crippen molar-refractivity contribution >= 4 is 0 Å². The van der Waals surface area contributed by atoms with E-state index in [1.165, 1.54) is 25.8 Å². The van der Waals surface area contributed by atoms with Crippen molar-refractivity contribution in [3.8, 4) is 6.07 Å². The highest BCUT2D eigenvalue weighted by Crippen LogP contribution is 2.17. The van der Waals surface area contributed by atoms with E-state index in [4.69, 9.17) is 5.26 Å². The van der Waals surface area contributed by atoms with E-state index in [2.05, 4.69) is 22.0 Å². The Balaban J connectivity index is 1.84. The number of aromatic nitrogens is 3. The van der Waals surface area contributed by atoms with Crippen molar-refractivity contribution in [1.82, 2.24) is 19.7 Å². The smallest absolute Gasteiger partial charge is 0.252 e. The second-order valence-electron chi connectivity index (χ2n) is 4.36. The summed E-state index contributed by atoms with van der Waals surface area (Å²) in [5.41, 5.74) is 0. The van der Waals surface area contributed by atoms with Gasteiger partial charge in [0.2, 0.25) is 0 Å². The molecule has 1 unspecified atom stereocenters. The Morgan fingerprint density at radius 2 is 2.44 bits per heavy atom. The molecule has 5 nitrogen and oxygen atoms in total. The molecule has 1 saturated heterocycles. The molecule has 16 heavy (non-hydrogen) atoms. The molecule has 2 heterocycles. The Labute approximate surface area is 95.7 Å². The fourth-order valence-electron chi connectivity index (χ4n) is 2.24. The summed E-state index contributed by atoms with van der Waals surface area (Å²) in [5, 5.41) is 12.7. The van der Waals surface area contributed by atoms with Crippen molar-refractivity contribution in [3.05, 3.63) is 12.2 Å². The first-order chi connectivity index (χ1) is 7.79. The molecule has 0 aromatic carbocycles. The highest BCUT2D eigenvalue weighted by Gasteiger charge is 2.18. The lowest BCUT2D eigenvalue weighted by atomic mass is 10.0. The number of piperidine rings is 1. The number of nitrogens with zero attached hydrogens (tertiary/aromatic N) is 5. The number of rotatable bonds is 3. The highest BCUT2D eigenvalue weighted by molar-refractivity contribution is 5.05. The minimum Gasteiger partial charge on any atom is -0.303 e. The van der Waals surface area contributed by atoms with Crippen LogP contribution in [0.25, 0.3) is 0 Å². The lowest BCUT2D eigenvalue weighted by molar-refractivity contribution is 0.169. The third-order valence-corrected chi connectivity index (χ3v) is 3.25. The van der Waals surface area contributed by atoms with Gasteiger partial charge in [-0.1, -0.05) is 6.42 Å². The van der Waals surface area contributed by atoms with Gasteiger partial charge in [0.15, 0.2) is 0 Å². The molecule has 1 aromatic rings. The van der Waals surface area contributed by atoms with Crippen LogP contribution >= 0.6 is 0 Å². The maximum Gasteiger partial charge on any atom is 0.252 e. The first-order valence-corrected chi connectivity index (χ1v) is 5.79. The average molecular weight is 219 g/mol. The van der Waals surface area contributed by atoms with E-state index < -0.39 is 0 Å². The largest absolute Gasteiger partial charge is 0.303 e. The van der Waals surface area contributed by atoms with Gasteiger partial charge in [-0.15, -0.1) is 5.10 Å². The van der Waals surface area contributed by atoms with E-state index in [0.717, 1.165) is 13.0 Å². The summed E-state index contributed by atoms with van der Waals surface area (Å²) in [6, 6.07) is 2.60. The normalized spacial score (nSPS) is 21.9. The van der Waals surface area contributed by atoms with Crippen molar-refractivity contribution in [2.75, 3.05) is 13.6 Å². The molecule has 1 atom stereocenters. The molecule has 0 radical (unpaired) electrons. The van der Waals surface area contributed by atoms with Crippen LogP contribution in [-0.4, -0.2) is 39.3 Å². The molecule has 0 aliphatic carbocycles. The van der Waals surface area contributed by atoms with Gasteiger partial charge in [0.25, 0.3) is 5.82 Å². The Kier molecular flexibility index (Phi) is 3.52. The van der Waals surface area contributed by atoms with Crippen LogP contribution in [-0.2, 0) is 6.54 Å². The summed E-state index contributed by atoms with van der Waals surface area (Å²) < 4.78 is 1.76. The van der Waals surface area contributed by atoms with Gasteiger partial charge in [-0.3, -0.25) is 4.68 Å². The Bertz CT molecular complexity index is 378. The molecule has 2 rings (SSSR count). The predicted molar refractivity (Wildman–Crippen MR) is 59.6 cm³/mol. The van der Waals surface area contributed by atoms with Crippen molar-refractivity contribution in [2.45, 2.75) is 38.3 Å². The van der Waals surface area contributed by atoms with Crippen LogP contribution < -0.4 is 0 Å². The maximum atomic E-state index is 8.61. The number of likely N-dealkylation sites (tertiary alicyclic amines) is 1. The van der Waals surface area contributed by atoms with Crippen LogP contribution in [0.4, 0.5) is 0 Å². The van der Waals surface area contributed by atoms with Gasteiger partial charge in [-0.25, -0.2) is 4.98 Å². The minimum absolute atomic E-state index is 0.261. The molecule has 1 fully saturated rings. The molecule has 0 saturated carbocycles. The van der Waals surface area contributed by atoms with Crippen molar-refractivity contribution < 1.29 is 0 Å². The van der Waals surface area contributed by atoms with Crippen LogP contribution in [0.15, 0.2) is 6.33 Å². The van der Waals surface area contributed by atoms with E-state index in [0.29, 0.717) is 6.04 Å². The average Bonchev–Trinajstić information content (AvgIpc) is 2.76. The van der Waals surface area contributed by atoms with Crippen molar-refractivity contribution in [1.29, 1.82) is 5.26 Å². The third-order valence-electron chi connectivity index (χ3n) is 3.25. The van der Waals surface area contributed by atoms with E-state index in [1.807, 2.05) is 6.07 Å². The Hall–Kier alpha value is -1.41. The second kappa shape index (κ2) is 5.08. The standard InChI is InChI=1S/C11H17N5/c1-15-6-3-2-4-10(15)5-7-16-9-13-11(8-12)14-16/h9-10H,2-7H2,1H3. The molecule has 5 heteroatoms. The van der Waals surface area contributed by atoms with Crippen LogP contribution in [0, 0.1) is 11.3 Å².